The predicted molar refractivity (Wildman–Crippen MR) is 113 cm³/mol. The second-order valence-corrected chi connectivity index (χ2v) is 6.06. The molecule has 0 aliphatic carbocycles. The summed E-state index contributed by atoms with van der Waals surface area (Å²) in [6, 6.07) is 7.00. The highest BCUT2D eigenvalue weighted by Crippen LogP contribution is 2.14. The number of carbonyl (C=O) groups is 2. The van der Waals surface area contributed by atoms with Crippen LogP contribution in [0.1, 0.15) is 98.5 Å². The predicted octanol–water partition coefficient (Wildman–Crippen LogP) is 6.85. The van der Waals surface area contributed by atoms with Crippen LogP contribution in [0.4, 0.5) is 0 Å². The SMILES string of the molecule is CC.CCCC.CCCCCCCC(=O)Oc1ccc(COC(C)=O)cc1. The van der Waals surface area contributed by atoms with Gasteiger partial charge in [-0.1, -0.05) is 85.3 Å². The van der Waals surface area contributed by atoms with Crippen molar-refractivity contribution in [3.05, 3.63) is 29.8 Å². The highest BCUT2D eigenvalue weighted by atomic mass is 16.5. The van der Waals surface area contributed by atoms with E-state index in [2.05, 4.69) is 20.8 Å². The molecule has 0 aliphatic heterocycles. The molecule has 1 aromatic rings. The first-order valence-corrected chi connectivity index (χ1v) is 10.5. The standard InChI is InChI=1S/C17H24O4.C4H10.C2H6/c1-3-4-5-6-7-8-17(19)21-16-11-9-15(10-12-16)13-20-14(2)18;1-3-4-2;1-2/h9-12H,3-8,13H2,1-2H3;3-4H2,1-2H3;1-2H3. The Morgan fingerprint density at radius 1 is 0.815 bits per heavy atom. The Balaban J connectivity index is 0. The van der Waals surface area contributed by atoms with Crippen molar-refractivity contribution in [3.63, 3.8) is 0 Å². The highest BCUT2D eigenvalue weighted by Gasteiger charge is 2.05. The monoisotopic (exact) mass is 380 g/mol. The van der Waals surface area contributed by atoms with Gasteiger partial charge in [0.05, 0.1) is 0 Å². The molecule has 1 aromatic carbocycles. The third kappa shape index (κ3) is 18.7. The molecule has 0 spiro atoms. The van der Waals surface area contributed by atoms with Crippen molar-refractivity contribution in [3.8, 4) is 5.75 Å². The zero-order valence-corrected chi connectivity index (χ0v) is 18.3. The molecule has 4 nitrogen and oxygen atoms in total. The van der Waals surface area contributed by atoms with E-state index in [1.54, 1.807) is 24.3 Å². The number of unbranched alkanes of at least 4 members (excludes halogenated alkanes) is 5. The van der Waals surface area contributed by atoms with Crippen LogP contribution < -0.4 is 4.74 Å². The van der Waals surface area contributed by atoms with Gasteiger partial charge in [0.15, 0.2) is 0 Å². The molecule has 4 heteroatoms. The molecule has 0 bridgehead atoms. The van der Waals surface area contributed by atoms with Gasteiger partial charge < -0.3 is 9.47 Å². The second kappa shape index (κ2) is 20.5. The first-order valence-electron chi connectivity index (χ1n) is 10.5. The number of benzene rings is 1. The lowest BCUT2D eigenvalue weighted by molar-refractivity contribution is -0.142. The van der Waals surface area contributed by atoms with E-state index in [-0.39, 0.29) is 18.5 Å². The van der Waals surface area contributed by atoms with Crippen LogP contribution in [0.3, 0.4) is 0 Å². The molecule has 0 aliphatic rings. The maximum atomic E-state index is 11.7. The smallest absolute Gasteiger partial charge is 0.311 e. The molecule has 27 heavy (non-hydrogen) atoms. The van der Waals surface area contributed by atoms with Crippen LogP contribution in [0.25, 0.3) is 0 Å². The third-order valence-electron chi connectivity index (χ3n) is 3.58. The van der Waals surface area contributed by atoms with E-state index in [1.165, 1.54) is 39.0 Å². The minimum atomic E-state index is -0.312. The summed E-state index contributed by atoms with van der Waals surface area (Å²) in [4.78, 5) is 22.4. The Morgan fingerprint density at radius 2 is 1.37 bits per heavy atom. The van der Waals surface area contributed by atoms with Crippen LogP contribution in [-0.2, 0) is 20.9 Å². The third-order valence-corrected chi connectivity index (χ3v) is 3.58. The minimum absolute atomic E-state index is 0.195. The molecule has 0 saturated heterocycles. The number of carbonyl (C=O) groups excluding carboxylic acids is 2. The Morgan fingerprint density at radius 3 is 1.85 bits per heavy atom. The molecule has 0 unspecified atom stereocenters. The molecule has 0 saturated carbocycles. The largest absolute Gasteiger partial charge is 0.461 e. The summed E-state index contributed by atoms with van der Waals surface area (Å²) in [5, 5.41) is 0. The quantitative estimate of drug-likeness (QED) is 0.253. The first-order chi connectivity index (χ1) is 13.0. The first kappa shape index (κ1) is 27.4. The fourth-order valence-electron chi connectivity index (χ4n) is 1.89. The van der Waals surface area contributed by atoms with Gasteiger partial charge in [0.2, 0.25) is 0 Å². The topological polar surface area (TPSA) is 52.6 Å². The number of hydrogen-bond acceptors (Lipinski definition) is 4. The summed E-state index contributed by atoms with van der Waals surface area (Å²) in [6.07, 6.45) is 8.64. The van der Waals surface area contributed by atoms with Crippen molar-refractivity contribution in [1.29, 1.82) is 0 Å². The van der Waals surface area contributed by atoms with Crippen LogP contribution in [-0.4, -0.2) is 11.9 Å². The van der Waals surface area contributed by atoms with Crippen molar-refractivity contribution in [1.82, 2.24) is 0 Å². The number of rotatable bonds is 10. The molecular weight excluding hydrogens is 340 g/mol. The highest BCUT2D eigenvalue weighted by molar-refractivity contribution is 5.72. The molecule has 0 heterocycles. The maximum Gasteiger partial charge on any atom is 0.311 e. The average molecular weight is 381 g/mol. The van der Waals surface area contributed by atoms with Gasteiger partial charge in [-0.3, -0.25) is 9.59 Å². The van der Waals surface area contributed by atoms with E-state index in [4.69, 9.17) is 9.47 Å². The molecule has 156 valence electrons. The Labute approximate surface area is 166 Å². The lowest BCUT2D eigenvalue weighted by Gasteiger charge is -2.06. The minimum Gasteiger partial charge on any atom is -0.461 e. The summed E-state index contributed by atoms with van der Waals surface area (Å²) in [5.41, 5.74) is 0.865. The average Bonchev–Trinajstić information content (AvgIpc) is 2.69. The van der Waals surface area contributed by atoms with E-state index >= 15 is 0 Å². The molecule has 0 aromatic heterocycles. The zero-order valence-electron chi connectivity index (χ0n) is 18.3. The van der Waals surface area contributed by atoms with E-state index in [1.807, 2.05) is 13.8 Å². The molecule has 1 rings (SSSR count). The van der Waals surface area contributed by atoms with Gasteiger partial charge in [-0.05, 0) is 24.1 Å². The lowest BCUT2D eigenvalue weighted by atomic mass is 10.1. The number of esters is 2. The van der Waals surface area contributed by atoms with Gasteiger partial charge >= 0.3 is 11.9 Å². The summed E-state index contributed by atoms with van der Waals surface area (Å²) < 4.78 is 10.1. The second-order valence-electron chi connectivity index (χ2n) is 6.06. The Kier molecular flexibility index (Phi) is 20.8. The number of ether oxygens (including phenoxy) is 2. The van der Waals surface area contributed by atoms with E-state index in [0.29, 0.717) is 12.2 Å². The van der Waals surface area contributed by atoms with Crippen molar-refractivity contribution in [2.24, 2.45) is 0 Å². The molecule has 0 N–H and O–H groups in total. The van der Waals surface area contributed by atoms with Crippen LogP contribution in [0, 0.1) is 0 Å². The van der Waals surface area contributed by atoms with Crippen LogP contribution in [0.2, 0.25) is 0 Å². The van der Waals surface area contributed by atoms with Crippen molar-refractivity contribution < 1.29 is 19.1 Å². The van der Waals surface area contributed by atoms with Crippen LogP contribution in [0.5, 0.6) is 5.75 Å². The molecule has 0 amide bonds. The van der Waals surface area contributed by atoms with Crippen molar-refractivity contribution in [2.45, 2.75) is 99.5 Å². The zero-order chi connectivity index (χ0) is 20.9. The van der Waals surface area contributed by atoms with E-state index < -0.39 is 0 Å². The van der Waals surface area contributed by atoms with Gasteiger partial charge in [-0.15, -0.1) is 0 Å². The van der Waals surface area contributed by atoms with Crippen molar-refractivity contribution >= 4 is 11.9 Å². The Bertz CT molecular complexity index is 464. The summed E-state index contributed by atoms with van der Waals surface area (Å²) in [7, 11) is 0. The van der Waals surface area contributed by atoms with Gasteiger partial charge in [-0.2, -0.15) is 0 Å². The summed E-state index contributed by atoms with van der Waals surface area (Å²) in [5.74, 6) is 0.0212. The fraction of sp³-hybridized carbons (Fsp3) is 0.652. The van der Waals surface area contributed by atoms with Gasteiger partial charge in [0, 0.05) is 13.3 Å². The maximum absolute atomic E-state index is 11.7. The number of hydrogen-bond donors (Lipinski definition) is 0. The van der Waals surface area contributed by atoms with Gasteiger partial charge in [0.25, 0.3) is 0 Å². The normalized spacial score (nSPS) is 9.26. The van der Waals surface area contributed by atoms with E-state index in [9.17, 15) is 9.59 Å². The molecule has 0 atom stereocenters. The van der Waals surface area contributed by atoms with Crippen LogP contribution >= 0.6 is 0 Å². The molecule has 0 fully saturated rings. The molecule has 0 radical (unpaired) electrons. The summed E-state index contributed by atoms with van der Waals surface area (Å²) in [6.45, 7) is 12.1. The fourth-order valence-corrected chi connectivity index (χ4v) is 1.89. The Hall–Kier alpha value is -1.84. The lowest BCUT2D eigenvalue weighted by Crippen LogP contribution is -2.07. The van der Waals surface area contributed by atoms with Gasteiger partial charge in [0.1, 0.15) is 12.4 Å². The van der Waals surface area contributed by atoms with Gasteiger partial charge in [-0.25, -0.2) is 0 Å². The van der Waals surface area contributed by atoms with Crippen molar-refractivity contribution in [2.75, 3.05) is 0 Å². The van der Waals surface area contributed by atoms with E-state index in [0.717, 1.165) is 18.4 Å². The molecular formula is C23H40O4. The van der Waals surface area contributed by atoms with Crippen LogP contribution in [0.15, 0.2) is 24.3 Å². The summed E-state index contributed by atoms with van der Waals surface area (Å²) >= 11 is 0.